The Labute approximate surface area is 150 Å². The van der Waals surface area contributed by atoms with Crippen LogP contribution >= 0.6 is 11.6 Å². The van der Waals surface area contributed by atoms with Crippen LogP contribution in [0, 0.1) is 0 Å². The molecule has 0 aliphatic heterocycles. The van der Waals surface area contributed by atoms with Gasteiger partial charge in [0.2, 0.25) is 0 Å². The molecule has 0 fully saturated rings. The van der Waals surface area contributed by atoms with Crippen molar-refractivity contribution >= 4 is 17.3 Å². The van der Waals surface area contributed by atoms with Gasteiger partial charge in [-0.25, -0.2) is 0 Å². The number of anilines is 1. The van der Waals surface area contributed by atoms with Gasteiger partial charge in [0, 0.05) is 42.8 Å². The Morgan fingerprint density at radius 2 is 1.88 bits per heavy atom. The van der Waals surface area contributed by atoms with Crippen LogP contribution in [0.15, 0.2) is 42.5 Å². The maximum atomic E-state index is 6.59. The molecule has 3 rings (SSSR count). The lowest BCUT2D eigenvalue weighted by atomic mass is 9.93. The third-order valence-corrected chi connectivity index (χ3v) is 5.20. The van der Waals surface area contributed by atoms with Crippen molar-refractivity contribution in [2.75, 3.05) is 39.1 Å². The maximum absolute atomic E-state index is 6.59. The van der Waals surface area contributed by atoms with Gasteiger partial charge in [0.25, 0.3) is 0 Å². The fourth-order valence-corrected chi connectivity index (χ4v) is 3.64. The first-order chi connectivity index (χ1) is 11.5. The molecule has 0 radical (unpaired) electrons. The first-order valence-electron chi connectivity index (χ1n) is 8.45. The van der Waals surface area contributed by atoms with Crippen molar-refractivity contribution < 1.29 is 0 Å². The average Bonchev–Trinajstić information content (AvgIpc) is 2.89. The minimum absolute atomic E-state index is 0.0284. The van der Waals surface area contributed by atoms with E-state index in [1.807, 2.05) is 18.2 Å². The van der Waals surface area contributed by atoms with Crippen LogP contribution < -0.4 is 10.6 Å². The van der Waals surface area contributed by atoms with Crippen LogP contribution in [0.25, 0.3) is 0 Å². The predicted octanol–water partition coefficient (Wildman–Crippen LogP) is 3.68. The second kappa shape index (κ2) is 7.14. The number of nitrogens with two attached hydrogens (primary N) is 1. The van der Waals surface area contributed by atoms with Crippen molar-refractivity contribution in [3.63, 3.8) is 0 Å². The number of benzene rings is 2. The smallest absolute Gasteiger partial charge is 0.0408 e. The molecule has 128 valence electrons. The van der Waals surface area contributed by atoms with Crippen LogP contribution in [0.5, 0.6) is 0 Å². The standard InChI is InChI=1S/C20H26ClN3/c1-23(2)9-10-24(3)17-8-7-15-12-18(20(22)19(15)13-17)14-5-4-6-16(21)11-14/h4-8,11,13,18,20H,9-10,12,22H2,1-3H3. The molecule has 3 nitrogen and oxygen atoms in total. The molecule has 0 amide bonds. The summed E-state index contributed by atoms with van der Waals surface area (Å²) in [5.74, 6) is 0.307. The Hall–Kier alpha value is -1.55. The molecule has 1 aliphatic carbocycles. The first-order valence-corrected chi connectivity index (χ1v) is 8.83. The van der Waals surface area contributed by atoms with Crippen molar-refractivity contribution in [3.8, 4) is 0 Å². The summed E-state index contributed by atoms with van der Waals surface area (Å²) >= 11 is 6.16. The van der Waals surface area contributed by atoms with Crippen LogP contribution in [-0.2, 0) is 6.42 Å². The van der Waals surface area contributed by atoms with E-state index in [4.69, 9.17) is 17.3 Å². The van der Waals surface area contributed by atoms with Gasteiger partial charge in [0.1, 0.15) is 0 Å². The first kappa shape index (κ1) is 17.3. The quantitative estimate of drug-likeness (QED) is 0.898. The van der Waals surface area contributed by atoms with Crippen LogP contribution in [0.4, 0.5) is 5.69 Å². The predicted molar refractivity (Wildman–Crippen MR) is 103 cm³/mol. The molecule has 0 heterocycles. The third-order valence-electron chi connectivity index (χ3n) is 4.96. The van der Waals surface area contributed by atoms with Gasteiger partial charge in [-0.05, 0) is 61.5 Å². The summed E-state index contributed by atoms with van der Waals surface area (Å²) in [5.41, 5.74) is 11.7. The molecular formula is C20H26ClN3. The van der Waals surface area contributed by atoms with Crippen LogP contribution in [-0.4, -0.2) is 39.1 Å². The zero-order valence-corrected chi connectivity index (χ0v) is 15.4. The zero-order valence-electron chi connectivity index (χ0n) is 14.7. The highest BCUT2D eigenvalue weighted by molar-refractivity contribution is 6.30. The number of hydrogen-bond acceptors (Lipinski definition) is 3. The van der Waals surface area contributed by atoms with E-state index in [-0.39, 0.29) is 6.04 Å². The Bertz CT molecular complexity index is 714. The van der Waals surface area contributed by atoms with Crippen molar-refractivity contribution in [2.24, 2.45) is 5.73 Å². The second-order valence-corrected chi connectivity index (χ2v) is 7.44. The van der Waals surface area contributed by atoms with Gasteiger partial charge in [-0.15, -0.1) is 0 Å². The summed E-state index contributed by atoms with van der Waals surface area (Å²) < 4.78 is 0. The topological polar surface area (TPSA) is 32.5 Å². The average molecular weight is 344 g/mol. The highest BCUT2D eigenvalue weighted by atomic mass is 35.5. The molecule has 0 bridgehead atoms. The number of rotatable bonds is 5. The molecule has 1 aliphatic rings. The molecule has 0 spiro atoms. The molecule has 2 atom stereocenters. The molecule has 24 heavy (non-hydrogen) atoms. The van der Waals surface area contributed by atoms with Crippen LogP contribution in [0.1, 0.15) is 28.7 Å². The SMILES string of the molecule is CN(C)CCN(C)c1ccc2c(c1)C(N)C(c1cccc(Cl)c1)C2. The van der Waals surface area contributed by atoms with E-state index in [9.17, 15) is 0 Å². The van der Waals surface area contributed by atoms with Gasteiger partial charge in [0.05, 0.1) is 0 Å². The molecule has 2 aromatic carbocycles. The number of likely N-dealkylation sites (N-methyl/N-ethyl adjacent to an activating group) is 2. The van der Waals surface area contributed by atoms with E-state index in [0.717, 1.165) is 24.5 Å². The summed E-state index contributed by atoms with van der Waals surface area (Å²) in [5, 5.41) is 0.778. The molecule has 0 aromatic heterocycles. The van der Waals surface area contributed by atoms with Crippen LogP contribution in [0.3, 0.4) is 0 Å². The molecule has 0 saturated carbocycles. The molecule has 4 heteroatoms. The van der Waals surface area contributed by atoms with Gasteiger partial charge < -0.3 is 15.5 Å². The third kappa shape index (κ3) is 3.59. The summed E-state index contributed by atoms with van der Waals surface area (Å²) in [6, 6.07) is 14.8. The number of nitrogens with zero attached hydrogens (tertiary/aromatic N) is 2. The van der Waals surface area contributed by atoms with Crippen molar-refractivity contribution in [1.82, 2.24) is 4.90 Å². The normalized spacial score (nSPS) is 19.6. The number of fused-ring (bicyclic) bond motifs is 1. The Morgan fingerprint density at radius 3 is 2.58 bits per heavy atom. The lowest BCUT2D eigenvalue weighted by molar-refractivity contribution is 0.416. The Kier molecular flexibility index (Phi) is 5.14. The van der Waals surface area contributed by atoms with E-state index in [2.05, 4.69) is 55.2 Å². The minimum atomic E-state index is 0.0284. The largest absolute Gasteiger partial charge is 0.373 e. The van der Waals surface area contributed by atoms with E-state index < -0.39 is 0 Å². The van der Waals surface area contributed by atoms with Gasteiger partial charge in [0.15, 0.2) is 0 Å². The van der Waals surface area contributed by atoms with Gasteiger partial charge in [-0.2, -0.15) is 0 Å². The van der Waals surface area contributed by atoms with Crippen molar-refractivity contribution in [3.05, 3.63) is 64.2 Å². The highest BCUT2D eigenvalue weighted by Gasteiger charge is 2.31. The second-order valence-electron chi connectivity index (χ2n) is 7.00. The van der Waals surface area contributed by atoms with E-state index >= 15 is 0 Å². The lowest BCUT2D eigenvalue weighted by Gasteiger charge is -2.23. The fourth-order valence-electron chi connectivity index (χ4n) is 3.44. The lowest BCUT2D eigenvalue weighted by Crippen LogP contribution is -2.28. The van der Waals surface area contributed by atoms with E-state index in [1.165, 1.54) is 22.4 Å². The fraction of sp³-hybridized carbons (Fsp3) is 0.400. The van der Waals surface area contributed by atoms with Gasteiger partial charge in [-0.1, -0.05) is 29.8 Å². The maximum Gasteiger partial charge on any atom is 0.0408 e. The summed E-state index contributed by atoms with van der Waals surface area (Å²) in [6.45, 7) is 2.03. The summed E-state index contributed by atoms with van der Waals surface area (Å²) in [6.07, 6.45) is 0.985. The Balaban J connectivity index is 1.81. The van der Waals surface area contributed by atoms with Gasteiger partial charge in [-0.3, -0.25) is 0 Å². The van der Waals surface area contributed by atoms with Gasteiger partial charge >= 0.3 is 0 Å². The number of hydrogen-bond donors (Lipinski definition) is 1. The van der Waals surface area contributed by atoms with Crippen LogP contribution in [0.2, 0.25) is 5.02 Å². The molecule has 2 N–H and O–H groups in total. The Morgan fingerprint density at radius 1 is 1.08 bits per heavy atom. The zero-order chi connectivity index (χ0) is 17.3. The van der Waals surface area contributed by atoms with Crippen molar-refractivity contribution in [1.29, 1.82) is 0 Å². The molecule has 0 saturated heterocycles. The van der Waals surface area contributed by atoms with E-state index in [1.54, 1.807) is 0 Å². The molecule has 2 aromatic rings. The van der Waals surface area contributed by atoms with Crippen molar-refractivity contribution in [2.45, 2.75) is 18.4 Å². The summed E-state index contributed by atoms with van der Waals surface area (Å²) in [4.78, 5) is 4.49. The molecular weight excluding hydrogens is 318 g/mol. The number of halogens is 1. The minimum Gasteiger partial charge on any atom is -0.373 e. The highest BCUT2D eigenvalue weighted by Crippen LogP contribution is 2.42. The molecule has 2 unspecified atom stereocenters. The summed E-state index contributed by atoms with van der Waals surface area (Å²) in [7, 11) is 6.34. The van der Waals surface area contributed by atoms with E-state index in [0.29, 0.717) is 5.92 Å². The monoisotopic (exact) mass is 343 g/mol.